The zero-order valence-corrected chi connectivity index (χ0v) is 44.5. The van der Waals surface area contributed by atoms with Gasteiger partial charge in [-0.1, -0.05) is 240 Å². The summed E-state index contributed by atoms with van der Waals surface area (Å²) in [6.45, 7) is 6.41. The Hall–Kier alpha value is -3.22. The molecular formula is C62H107NO5. The molecule has 3 N–H and O–H groups in total. The summed E-state index contributed by atoms with van der Waals surface area (Å²) in [6, 6.07) is -0.737. The van der Waals surface area contributed by atoms with Crippen molar-refractivity contribution in [1.82, 2.24) is 5.32 Å². The Morgan fingerprint density at radius 3 is 1.16 bits per heavy atom. The summed E-state index contributed by atoms with van der Waals surface area (Å²) >= 11 is 0. The number of esters is 1. The topological polar surface area (TPSA) is 95.9 Å². The summed E-state index contributed by atoms with van der Waals surface area (Å²) in [5.41, 5.74) is 0. The molecule has 6 nitrogen and oxygen atoms in total. The zero-order valence-electron chi connectivity index (χ0n) is 44.5. The van der Waals surface area contributed by atoms with Crippen molar-refractivity contribution >= 4 is 11.9 Å². The van der Waals surface area contributed by atoms with Crippen LogP contribution in [0.5, 0.6) is 0 Å². The largest absolute Gasteiger partial charge is 0.462 e. The van der Waals surface area contributed by atoms with Crippen molar-refractivity contribution in [2.45, 2.75) is 277 Å². The van der Waals surface area contributed by atoms with Gasteiger partial charge in [-0.15, -0.1) is 0 Å². The lowest BCUT2D eigenvalue weighted by atomic mass is 10.0. The van der Waals surface area contributed by atoms with E-state index in [2.05, 4.69) is 123 Å². The van der Waals surface area contributed by atoms with Crippen molar-refractivity contribution in [2.24, 2.45) is 0 Å². The summed E-state index contributed by atoms with van der Waals surface area (Å²) in [5, 5.41) is 23.8. The maximum absolute atomic E-state index is 13.3. The fourth-order valence-electron chi connectivity index (χ4n) is 8.06. The second-order valence-electron chi connectivity index (χ2n) is 19.0. The van der Waals surface area contributed by atoms with Gasteiger partial charge in [0.05, 0.1) is 25.2 Å². The van der Waals surface area contributed by atoms with E-state index in [4.69, 9.17) is 4.74 Å². The van der Waals surface area contributed by atoms with Crippen LogP contribution in [0.2, 0.25) is 0 Å². The zero-order chi connectivity index (χ0) is 49.5. The van der Waals surface area contributed by atoms with E-state index in [0.29, 0.717) is 25.7 Å². The molecule has 0 fully saturated rings. The number of aliphatic hydroxyl groups excluding tert-OH is 2. The molecule has 6 heteroatoms. The van der Waals surface area contributed by atoms with Crippen LogP contribution in [0.1, 0.15) is 258 Å². The Kier molecular flexibility index (Phi) is 52.1. The van der Waals surface area contributed by atoms with Crippen molar-refractivity contribution in [3.8, 4) is 0 Å². The minimum atomic E-state index is -0.817. The van der Waals surface area contributed by atoms with E-state index in [0.717, 1.165) is 77.0 Å². The van der Waals surface area contributed by atoms with E-state index in [1.54, 1.807) is 0 Å². The molecule has 0 rings (SSSR count). The third-order valence-corrected chi connectivity index (χ3v) is 12.4. The third-order valence-electron chi connectivity index (χ3n) is 12.4. The molecule has 68 heavy (non-hydrogen) atoms. The maximum Gasteiger partial charge on any atom is 0.306 e. The van der Waals surface area contributed by atoms with Gasteiger partial charge in [-0.3, -0.25) is 9.59 Å². The van der Waals surface area contributed by atoms with Crippen molar-refractivity contribution in [3.63, 3.8) is 0 Å². The van der Waals surface area contributed by atoms with E-state index in [1.165, 1.54) is 128 Å². The first kappa shape index (κ1) is 64.8. The molecule has 0 aliphatic heterocycles. The van der Waals surface area contributed by atoms with Crippen LogP contribution in [0, 0.1) is 0 Å². The van der Waals surface area contributed by atoms with Crippen LogP contribution in [-0.4, -0.2) is 46.9 Å². The number of amides is 1. The Labute approximate surface area is 420 Å². The first-order valence-corrected chi connectivity index (χ1v) is 28.5. The molecule has 0 saturated heterocycles. The van der Waals surface area contributed by atoms with Crippen molar-refractivity contribution in [3.05, 3.63) is 97.2 Å². The first-order valence-electron chi connectivity index (χ1n) is 28.5. The highest BCUT2D eigenvalue weighted by molar-refractivity contribution is 5.77. The predicted molar refractivity (Wildman–Crippen MR) is 296 cm³/mol. The molecule has 0 aliphatic carbocycles. The van der Waals surface area contributed by atoms with E-state index >= 15 is 0 Å². The van der Waals surface area contributed by atoms with Gasteiger partial charge in [0.2, 0.25) is 5.91 Å². The summed E-state index contributed by atoms with van der Waals surface area (Å²) in [6.07, 6.45) is 73.3. The normalized spacial score (nSPS) is 13.9. The van der Waals surface area contributed by atoms with Gasteiger partial charge in [0.15, 0.2) is 0 Å². The molecule has 0 radical (unpaired) electrons. The van der Waals surface area contributed by atoms with Gasteiger partial charge >= 0.3 is 5.97 Å². The van der Waals surface area contributed by atoms with Gasteiger partial charge in [-0.25, -0.2) is 0 Å². The molecule has 1 amide bonds. The molecule has 3 unspecified atom stereocenters. The molecule has 0 aliphatic rings. The summed E-state index contributed by atoms with van der Waals surface area (Å²) in [5.74, 6) is -0.598. The molecule has 390 valence electrons. The molecule has 0 saturated carbocycles. The minimum absolute atomic E-state index is 0.0136. The summed E-state index contributed by atoms with van der Waals surface area (Å²) in [7, 11) is 0. The average Bonchev–Trinajstić information content (AvgIpc) is 3.33. The minimum Gasteiger partial charge on any atom is -0.462 e. The standard InChI is InChI=1S/C62H107NO5/c1-4-7-10-13-16-19-22-25-28-30-33-35-38-41-44-47-50-53-58(68-62(67)55-52-49-46-43-40-37-34-31-29-26-23-20-17-14-11-8-5-2)56-61(66)63-59(57-64)60(65)54-51-48-45-42-39-36-32-27-24-21-18-15-12-9-6-3/h16-17,19-20,25-26,28-29,33-35,37,41,43-44,46,58-60,64-65H,4-15,18,21-24,27,30-32,36,38-40,42,45,47-57H2,1-3H3,(H,63,66)/b19-16-,20-17-,28-25-,29-26-,35-33-,37-34-,44-41-,46-43-. The summed E-state index contributed by atoms with van der Waals surface area (Å²) in [4.78, 5) is 26.2. The number of aliphatic hydroxyl groups is 2. The number of rotatable bonds is 50. The van der Waals surface area contributed by atoms with Gasteiger partial charge in [-0.2, -0.15) is 0 Å². The monoisotopic (exact) mass is 946 g/mol. The second kappa shape index (κ2) is 54.7. The molecule has 0 heterocycles. The number of ether oxygens (including phenoxy) is 1. The highest BCUT2D eigenvalue weighted by atomic mass is 16.5. The van der Waals surface area contributed by atoms with Gasteiger partial charge in [-0.05, 0) is 103 Å². The number of nitrogens with one attached hydrogen (secondary N) is 1. The van der Waals surface area contributed by atoms with Gasteiger partial charge in [0.1, 0.15) is 6.10 Å². The Morgan fingerprint density at radius 1 is 0.426 bits per heavy atom. The SMILES string of the molecule is CCCCC/C=C\C/C=C\C/C=C\C/C=C\CCCC(=O)OC(CCC/C=C\C/C=C\C/C=C\C/C=C\CCCCC)CC(=O)NC(CO)C(O)CCCCCCCCCCCCCCCCC. The highest BCUT2D eigenvalue weighted by Crippen LogP contribution is 2.17. The van der Waals surface area contributed by atoms with Crippen LogP contribution in [0.4, 0.5) is 0 Å². The Balaban J connectivity index is 4.77. The molecule has 0 bridgehead atoms. The van der Waals surface area contributed by atoms with Crippen LogP contribution in [0.3, 0.4) is 0 Å². The molecule has 3 atom stereocenters. The molecule has 0 aromatic rings. The average molecular weight is 947 g/mol. The first-order chi connectivity index (χ1) is 33.5. The van der Waals surface area contributed by atoms with Crippen LogP contribution in [0.25, 0.3) is 0 Å². The van der Waals surface area contributed by atoms with E-state index in [9.17, 15) is 19.8 Å². The maximum atomic E-state index is 13.3. The number of carbonyl (C=O) groups excluding carboxylic acids is 2. The van der Waals surface area contributed by atoms with E-state index in [-0.39, 0.29) is 24.9 Å². The van der Waals surface area contributed by atoms with Crippen LogP contribution < -0.4 is 5.32 Å². The molecule has 0 aromatic heterocycles. The number of allylic oxidation sites excluding steroid dienone is 16. The van der Waals surface area contributed by atoms with Gasteiger partial charge < -0.3 is 20.3 Å². The molecule has 0 spiro atoms. The number of hydrogen-bond acceptors (Lipinski definition) is 5. The lowest BCUT2D eigenvalue weighted by molar-refractivity contribution is -0.151. The van der Waals surface area contributed by atoms with Crippen molar-refractivity contribution in [2.75, 3.05) is 6.61 Å². The van der Waals surface area contributed by atoms with E-state index < -0.39 is 18.2 Å². The smallest absolute Gasteiger partial charge is 0.306 e. The number of unbranched alkanes of at least 4 members (excludes halogenated alkanes) is 22. The van der Waals surface area contributed by atoms with Gasteiger partial charge in [0, 0.05) is 6.42 Å². The summed E-state index contributed by atoms with van der Waals surface area (Å²) < 4.78 is 5.90. The van der Waals surface area contributed by atoms with Gasteiger partial charge in [0.25, 0.3) is 0 Å². The number of carbonyl (C=O) groups is 2. The predicted octanol–water partition coefficient (Wildman–Crippen LogP) is 17.7. The van der Waals surface area contributed by atoms with Crippen LogP contribution in [-0.2, 0) is 14.3 Å². The molecule has 0 aromatic carbocycles. The fourth-order valence-corrected chi connectivity index (χ4v) is 8.06. The second-order valence-corrected chi connectivity index (χ2v) is 19.0. The Bertz CT molecular complexity index is 1340. The lowest BCUT2D eigenvalue weighted by Gasteiger charge is -2.24. The lowest BCUT2D eigenvalue weighted by Crippen LogP contribution is -2.46. The van der Waals surface area contributed by atoms with E-state index in [1.807, 2.05) is 0 Å². The molecular weight excluding hydrogens is 839 g/mol. The highest BCUT2D eigenvalue weighted by Gasteiger charge is 2.24. The van der Waals surface area contributed by atoms with Crippen molar-refractivity contribution in [1.29, 1.82) is 0 Å². The quantitative estimate of drug-likeness (QED) is 0.0321. The van der Waals surface area contributed by atoms with Crippen molar-refractivity contribution < 1.29 is 24.5 Å². The number of hydrogen-bond donors (Lipinski definition) is 3. The Morgan fingerprint density at radius 2 is 0.765 bits per heavy atom. The van der Waals surface area contributed by atoms with Crippen LogP contribution in [0.15, 0.2) is 97.2 Å². The van der Waals surface area contributed by atoms with Crippen LogP contribution >= 0.6 is 0 Å². The third kappa shape index (κ3) is 49.2. The fraction of sp³-hybridized carbons (Fsp3) is 0.710.